The first-order valence-corrected chi connectivity index (χ1v) is 15.3. The normalized spacial score (nSPS) is 13.9. The molecule has 0 spiro atoms. The summed E-state index contributed by atoms with van der Waals surface area (Å²) in [4.78, 5) is 15.0. The van der Waals surface area contributed by atoms with Crippen LogP contribution in [-0.2, 0) is 6.42 Å². The first kappa shape index (κ1) is 25.6. The number of furan rings is 1. The lowest BCUT2D eigenvalue weighted by Crippen LogP contribution is -2.12. The van der Waals surface area contributed by atoms with Crippen molar-refractivity contribution in [2.75, 3.05) is 0 Å². The van der Waals surface area contributed by atoms with Crippen LogP contribution in [0.4, 0.5) is 0 Å². The quantitative estimate of drug-likeness (QED) is 0.209. The molecule has 1 aliphatic rings. The van der Waals surface area contributed by atoms with Crippen molar-refractivity contribution in [1.29, 1.82) is 0 Å². The van der Waals surface area contributed by atoms with Crippen LogP contribution in [0.3, 0.4) is 0 Å². The van der Waals surface area contributed by atoms with Gasteiger partial charge in [0.15, 0.2) is 17.5 Å². The highest BCUT2D eigenvalue weighted by atomic mass is 16.3. The van der Waals surface area contributed by atoms with Crippen molar-refractivity contribution in [2.24, 2.45) is 0 Å². The van der Waals surface area contributed by atoms with Crippen LogP contribution in [-0.4, -0.2) is 15.0 Å². The second-order valence-electron chi connectivity index (χ2n) is 11.6. The molecule has 212 valence electrons. The molecule has 4 heteroatoms. The van der Waals surface area contributed by atoms with Crippen molar-refractivity contribution in [3.8, 4) is 45.3 Å². The Morgan fingerprint density at radius 2 is 1.11 bits per heavy atom. The lowest BCUT2D eigenvalue weighted by Gasteiger charge is -2.28. The fourth-order valence-corrected chi connectivity index (χ4v) is 6.81. The van der Waals surface area contributed by atoms with Gasteiger partial charge < -0.3 is 4.42 Å². The molecule has 6 aromatic carbocycles. The Bertz CT molecular complexity index is 2300. The number of fused-ring (bicyclic) bond motifs is 6. The van der Waals surface area contributed by atoms with Crippen LogP contribution >= 0.6 is 0 Å². The van der Waals surface area contributed by atoms with Gasteiger partial charge in [-0.1, -0.05) is 127 Å². The van der Waals surface area contributed by atoms with Crippen molar-refractivity contribution in [1.82, 2.24) is 15.0 Å². The zero-order valence-corrected chi connectivity index (χ0v) is 24.4. The van der Waals surface area contributed by atoms with E-state index in [4.69, 9.17) is 19.4 Å². The summed E-state index contributed by atoms with van der Waals surface area (Å²) in [5.74, 6) is 2.15. The molecule has 1 unspecified atom stereocenters. The third-order valence-electron chi connectivity index (χ3n) is 8.93. The summed E-state index contributed by atoms with van der Waals surface area (Å²) in [5.41, 5.74) is 11.1. The molecule has 0 amide bonds. The summed E-state index contributed by atoms with van der Waals surface area (Å²) in [6.07, 6.45) is 0.954. The van der Waals surface area contributed by atoms with Crippen molar-refractivity contribution < 1.29 is 4.42 Å². The van der Waals surface area contributed by atoms with E-state index < -0.39 is 0 Å². The van der Waals surface area contributed by atoms with E-state index in [2.05, 4.69) is 72.8 Å². The number of rotatable bonds is 4. The van der Waals surface area contributed by atoms with Gasteiger partial charge in [-0.3, -0.25) is 0 Å². The van der Waals surface area contributed by atoms with E-state index in [-0.39, 0.29) is 5.92 Å². The van der Waals surface area contributed by atoms with Crippen molar-refractivity contribution >= 4 is 21.9 Å². The minimum atomic E-state index is 0.240. The Balaban J connectivity index is 1.24. The summed E-state index contributed by atoms with van der Waals surface area (Å²) in [6, 6.07) is 50.6. The molecule has 0 saturated carbocycles. The van der Waals surface area contributed by atoms with Gasteiger partial charge in [-0.25, -0.2) is 15.0 Å². The molecule has 9 rings (SSSR count). The maximum Gasteiger partial charge on any atom is 0.164 e. The monoisotopic (exact) mass is 577 g/mol. The van der Waals surface area contributed by atoms with Crippen molar-refractivity contribution in [3.05, 3.63) is 162 Å². The lowest BCUT2D eigenvalue weighted by atomic mass is 9.75. The highest BCUT2D eigenvalue weighted by molar-refractivity contribution is 6.12. The van der Waals surface area contributed by atoms with Crippen molar-refractivity contribution in [2.45, 2.75) is 12.3 Å². The van der Waals surface area contributed by atoms with E-state index in [1.807, 2.05) is 72.8 Å². The van der Waals surface area contributed by atoms with E-state index >= 15 is 0 Å². The Morgan fingerprint density at radius 1 is 0.489 bits per heavy atom. The van der Waals surface area contributed by atoms with Crippen LogP contribution < -0.4 is 0 Å². The van der Waals surface area contributed by atoms with Gasteiger partial charge in [0.25, 0.3) is 0 Å². The topological polar surface area (TPSA) is 51.8 Å². The lowest BCUT2D eigenvalue weighted by molar-refractivity contribution is 0.668. The van der Waals surface area contributed by atoms with Crippen LogP contribution in [0, 0.1) is 0 Å². The number of aromatic nitrogens is 3. The molecule has 0 bridgehead atoms. The molecular formula is C41H27N3O. The highest BCUT2D eigenvalue weighted by Gasteiger charge is 2.26. The molecule has 0 radical (unpaired) electrons. The van der Waals surface area contributed by atoms with Gasteiger partial charge in [0.2, 0.25) is 0 Å². The summed E-state index contributed by atoms with van der Waals surface area (Å²) in [7, 11) is 0. The molecule has 2 aromatic heterocycles. The Labute approximate surface area is 260 Å². The zero-order valence-electron chi connectivity index (χ0n) is 24.4. The molecule has 2 heterocycles. The first-order valence-electron chi connectivity index (χ1n) is 15.3. The van der Waals surface area contributed by atoms with E-state index in [0.29, 0.717) is 17.5 Å². The summed E-state index contributed by atoms with van der Waals surface area (Å²) in [5, 5.41) is 2.08. The number of hydrogen-bond acceptors (Lipinski definition) is 4. The van der Waals surface area contributed by atoms with E-state index in [0.717, 1.165) is 45.0 Å². The largest absolute Gasteiger partial charge is 0.456 e. The Morgan fingerprint density at radius 3 is 1.87 bits per heavy atom. The molecule has 1 atom stereocenters. The molecule has 8 aromatic rings. The van der Waals surface area contributed by atoms with Gasteiger partial charge in [0, 0.05) is 33.4 Å². The van der Waals surface area contributed by atoms with Crippen molar-refractivity contribution in [3.63, 3.8) is 0 Å². The summed E-state index contributed by atoms with van der Waals surface area (Å²) in [6.45, 7) is 0. The first-order chi connectivity index (χ1) is 22.3. The predicted octanol–water partition coefficient (Wildman–Crippen LogP) is 10.1. The smallest absolute Gasteiger partial charge is 0.164 e. The minimum Gasteiger partial charge on any atom is -0.456 e. The molecule has 0 saturated heterocycles. The minimum absolute atomic E-state index is 0.240. The maximum absolute atomic E-state index is 6.44. The molecule has 1 aliphatic carbocycles. The third kappa shape index (κ3) is 4.34. The van der Waals surface area contributed by atoms with Gasteiger partial charge in [-0.05, 0) is 52.4 Å². The second kappa shape index (κ2) is 10.4. The van der Waals surface area contributed by atoms with Gasteiger partial charge in [0.05, 0.1) is 0 Å². The molecule has 0 N–H and O–H groups in total. The Kier molecular flexibility index (Phi) is 5.91. The summed E-state index contributed by atoms with van der Waals surface area (Å²) >= 11 is 0. The number of nitrogens with zero attached hydrogens (tertiary/aromatic N) is 3. The maximum atomic E-state index is 6.44. The number of benzene rings is 6. The van der Waals surface area contributed by atoms with Crippen LogP contribution in [0.1, 0.15) is 22.6 Å². The zero-order chi connectivity index (χ0) is 29.7. The molecule has 0 aliphatic heterocycles. The average molecular weight is 578 g/mol. The van der Waals surface area contributed by atoms with Gasteiger partial charge >= 0.3 is 0 Å². The van der Waals surface area contributed by atoms with Crippen LogP contribution in [0.5, 0.6) is 0 Å². The highest BCUT2D eigenvalue weighted by Crippen LogP contribution is 2.44. The molecule has 45 heavy (non-hydrogen) atoms. The van der Waals surface area contributed by atoms with Crippen LogP contribution in [0.2, 0.25) is 0 Å². The van der Waals surface area contributed by atoms with E-state index in [9.17, 15) is 0 Å². The standard InChI is InChI=1S/C41H27N3O/c1-3-12-26(13-4-1)39-42-40(27-14-5-2-6-15-27)44-41(43-39)33-20-11-21-37-38(33)35-25-29(22-23-36(35)45-37)34-24-28-16-7-8-17-30(28)31-18-9-10-19-32(31)34/h1-23,25,34H,24H2. The van der Waals surface area contributed by atoms with Gasteiger partial charge in [-0.2, -0.15) is 0 Å². The van der Waals surface area contributed by atoms with Crippen LogP contribution in [0.25, 0.3) is 67.2 Å². The second-order valence-corrected chi connectivity index (χ2v) is 11.6. The number of hydrogen-bond donors (Lipinski definition) is 0. The molecule has 4 nitrogen and oxygen atoms in total. The fraction of sp³-hybridized carbons (Fsp3) is 0.0488. The van der Waals surface area contributed by atoms with E-state index in [1.54, 1.807) is 0 Å². The van der Waals surface area contributed by atoms with E-state index in [1.165, 1.54) is 27.8 Å². The third-order valence-corrected chi connectivity index (χ3v) is 8.93. The molecular weight excluding hydrogens is 550 g/mol. The van der Waals surface area contributed by atoms with Gasteiger partial charge in [0.1, 0.15) is 11.2 Å². The predicted molar refractivity (Wildman–Crippen MR) is 181 cm³/mol. The SMILES string of the molecule is c1ccc(-c2nc(-c3ccccc3)nc(-c3cccc4oc5ccc(C6Cc7ccccc7-c7ccccc76)cc5c34)n2)cc1. The summed E-state index contributed by atoms with van der Waals surface area (Å²) < 4.78 is 6.44. The average Bonchev–Trinajstić information content (AvgIpc) is 3.50. The fourth-order valence-electron chi connectivity index (χ4n) is 6.81. The van der Waals surface area contributed by atoms with Gasteiger partial charge in [-0.15, -0.1) is 0 Å². The Hall–Kier alpha value is -5.87. The van der Waals surface area contributed by atoms with Crippen LogP contribution in [0.15, 0.2) is 150 Å². The molecule has 0 fully saturated rings.